The van der Waals surface area contributed by atoms with Crippen LogP contribution in [0.2, 0.25) is 0 Å². The Bertz CT molecular complexity index is 432. The van der Waals surface area contributed by atoms with Crippen molar-refractivity contribution in [3.8, 4) is 0 Å². The highest BCUT2D eigenvalue weighted by Gasteiger charge is 2.44. The molecular formula is C13H17FN2O. The third kappa shape index (κ3) is 2.31. The minimum atomic E-state index is -0.908. The Balaban J connectivity index is 2.18. The van der Waals surface area contributed by atoms with Gasteiger partial charge >= 0.3 is 0 Å². The maximum Gasteiger partial charge on any atom is 0.244 e. The molecule has 0 heterocycles. The third-order valence-corrected chi connectivity index (χ3v) is 3.38. The minimum absolute atomic E-state index is 0.217. The molecule has 0 spiro atoms. The first-order valence-corrected chi connectivity index (χ1v) is 5.78. The molecule has 1 amide bonds. The van der Waals surface area contributed by atoms with Gasteiger partial charge in [0.25, 0.3) is 0 Å². The topological polar surface area (TPSA) is 55.1 Å². The van der Waals surface area contributed by atoms with E-state index in [9.17, 15) is 9.18 Å². The fraction of sp³-hybridized carbons (Fsp3) is 0.462. The van der Waals surface area contributed by atoms with Crippen molar-refractivity contribution in [3.63, 3.8) is 0 Å². The van der Waals surface area contributed by atoms with Crippen LogP contribution in [0, 0.1) is 18.7 Å². The van der Waals surface area contributed by atoms with Gasteiger partial charge in [-0.15, -0.1) is 0 Å². The van der Waals surface area contributed by atoms with E-state index >= 15 is 0 Å². The normalized spacial score (nSPS) is 18.6. The molecule has 0 bridgehead atoms. The molecule has 1 aliphatic rings. The quantitative estimate of drug-likeness (QED) is 0.845. The summed E-state index contributed by atoms with van der Waals surface area (Å²) in [5.41, 5.74) is 6.00. The van der Waals surface area contributed by atoms with E-state index in [1.165, 1.54) is 6.07 Å². The Hall–Kier alpha value is -1.42. The lowest BCUT2D eigenvalue weighted by molar-refractivity contribution is -0.121. The molecule has 1 unspecified atom stereocenters. The minimum Gasteiger partial charge on any atom is -0.322 e. The van der Waals surface area contributed by atoms with Gasteiger partial charge in [0, 0.05) is 0 Å². The highest BCUT2D eigenvalue weighted by molar-refractivity contribution is 5.98. The van der Waals surface area contributed by atoms with Crippen molar-refractivity contribution in [2.75, 3.05) is 5.32 Å². The van der Waals surface area contributed by atoms with Crippen LogP contribution in [0.15, 0.2) is 18.2 Å². The van der Waals surface area contributed by atoms with Crippen LogP contribution in [0.4, 0.5) is 10.1 Å². The number of carbonyl (C=O) groups is 1. The number of hydrogen-bond acceptors (Lipinski definition) is 2. The Morgan fingerprint density at radius 2 is 2.18 bits per heavy atom. The van der Waals surface area contributed by atoms with E-state index in [0.29, 0.717) is 5.56 Å². The standard InChI is InChI=1S/C13H17FN2O/c1-8-4-3-5-10(14)11(8)16-12(17)13(2,15)9-6-7-9/h3-5,9H,6-7,15H2,1-2H3,(H,16,17). The van der Waals surface area contributed by atoms with Crippen molar-refractivity contribution in [2.45, 2.75) is 32.2 Å². The van der Waals surface area contributed by atoms with Crippen molar-refractivity contribution in [2.24, 2.45) is 11.7 Å². The molecule has 0 saturated heterocycles. The molecule has 1 aromatic rings. The summed E-state index contributed by atoms with van der Waals surface area (Å²) < 4.78 is 13.6. The Kier molecular flexibility index (Phi) is 2.91. The monoisotopic (exact) mass is 236 g/mol. The summed E-state index contributed by atoms with van der Waals surface area (Å²) in [5.74, 6) is -0.521. The van der Waals surface area contributed by atoms with E-state index in [2.05, 4.69) is 5.32 Å². The van der Waals surface area contributed by atoms with Crippen LogP contribution in [0.5, 0.6) is 0 Å². The molecule has 3 N–H and O–H groups in total. The summed E-state index contributed by atoms with van der Waals surface area (Å²) in [6.45, 7) is 3.46. The number of para-hydroxylation sites is 1. The van der Waals surface area contributed by atoms with Gasteiger partial charge in [-0.25, -0.2) is 4.39 Å². The van der Waals surface area contributed by atoms with Crippen molar-refractivity contribution in [3.05, 3.63) is 29.6 Å². The lowest BCUT2D eigenvalue weighted by Crippen LogP contribution is -2.50. The van der Waals surface area contributed by atoms with E-state index in [1.54, 1.807) is 26.0 Å². The number of anilines is 1. The zero-order valence-corrected chi connectivity index (χ0v) is 10.1. The van der Waals surface area contributed by atoms with Gasteiger partial charge < -0.3 is 11.1 Å². The van der Waals surface area contributed by atoms with E-state index in [1.807, 2.05) is 0 Å². The fourth-order valence-corrected chi connectivity index (χ4v) is 1.91. The average molecular weight is 236 g/mol. The first kappa shape index (κ1) is 12.0. The first-order valence-electron chi connectivity index (χ1n) is 5.78. The van der Waals surface area contributed by atoms with Crippen LogP contribution in [0.1, 0.15) is 25.3 Å². The van der Waals surface area contributed by atoms with Gasteiger partial charge in [-0.2, -0.15) is 0 Å². The number of nitrogens with two attached hydrogens (primary N) is 1. The predicted molar refractivity (Wildman–Crippen MR) is 65.1 cm³/mol. The number of carbonyl (C=O) groups excluding carboxylic acids is 1. The Morgan fingerprint density at radius 3 is 2.71 bits per heavy atom. The third-order valence-electron chi connectivity index (χ3n) is 3.38. The van der Waals surface area contributed by atoms with Crippen LogP contribution in [-0.2, 0) is 4.79 Å². The molecule has 0 aromatic heterocycles. The number of aryl methyl sites for hydroxylation is 1. The fourth-order valence-electron chi connectivity index (χ4n) is 1.91. The number of halogens is 1. The second kappa shape index (κ2) is 4.11. The van der Waals surface area contributed by atoms with Gasteiger partial charge in [-0.05, 0) is 44.2 Å². The number of hydrogen-bond donors (Lipinski definition) is 2. The predicted octanol–water partition coefficient (Wildman–Crippen LogP) is 2.20. The van der Waals surface area contributed by atoms with Gasteiger partial charge in [-0.3, -0.25) is 4.79 Å². The van der Waals surface area contributed by atoms with Gasteiger partial charge in [0.15, 0.2) is 0 Å². The number of nitrogens with one attached hydrogen (secondary N) is 1. The SMILES string of the molecule is Cc1cccc(F)c1NC(=O)C(C)(N)C1CC1. The molecule has 3 nitrogen and oxygen atoms in total. The van der Waals surface area contributed by atoms with E-state index in [4.69, 9.17) is 5.73 Å². The summed E-state index contributed by atoms with van der Waals surface area (Å²) >= 11 is 0. The van der Waals surface area contributed by atoms with Gasteiger partial charge in [-0.1, -0.05) is 12.1 Å². The highest BCUT2D eigenvalue weighted by atomic mass is 19.1. The van der Waals surface area contributed by atoms with Crippen LogP contribution >= 0.6 is 0 Å². The van der Waals surface area contributed by atoms with Crippen molar-refractivity contribution in [1.82, 2.24) is 0 Å². The number of rotatable bonds is 3. The van der Waals surface area contributed by atoms with Crippen molar-refractivity contribution < 1.29 is 9.18 Å². The highest BCUT2D eigenvalue weighted by Crippen LogP contribution is 2.38. The lowest BCUT2D eigenvalue weighted by Gasteiger charge is -2.23. The smallest absolute Gasteiger partial charge is 0.244 e. The zero-order chi connectivity index (χ0) is 12.6. The molecule has 1 saturated carbocycles. The molecule has 92 valence electrons. The Labute approximate surface area is 100 Å². The molecule has 2 rings (SSSR count). The number of amides is 1. The molecule has 0 radical (unpaired) electrons. The van der Waals surface area contributed by atoms with Crippen LogP contribution in [-0.4, -0.2) is 11.4 Å². The lowest BCUT2D eigenvalue weighted by atomic mass is 9.96. The molecule has 1 atom stereocenters. The average Bonchev–Trinajstić information content (AvgIpc) is 3.07. The molecule has 1 aliphatic carbocycles. The summed E-state index contributed by atoms with van der Waals surface area (Å²) in [4.78, 5) is 12.0. The largest absolute Gasteiger partial charge is 0.322 e. The molecule has 1 fully saturated rings. The summed E-state index contributed by atoms with van der Waals surface area (Å²) in [6.07, 6.45) is 1.94. The Morgan fingerprint density at radius 1 is 1.53 bits per heavy atom. The van der Waals surface area contributed by atoms with E-state index < -0.39 is 11.4 Å². The summed E-state index contributed by atoms with van der Waals surface area (Å²) in [6, 6.07) is 4.69. The summed E-state index contributed by atoms with van der Waals surface area (Å²) in [7, 11) is 0. The van der Waals surface area contributed by atoms with E-state index in [-0.39, 0.29) is 17.5 Å². The molecular weight excluding hydrogens is 219 g/mol. The molecule has 4 heteroatoms. The van der Waals surface area contributed by atoms with Gasteiger partial charge in [0.05, 0.1) is 11.2 Å². The zero-order valence-electron chi connectivity index (χ0n) is 10.1. The van der Waals surface area contributed by atoms with Gasteiger partial charge in [0.2, 0.25) is 5.91 Å². The second-order valence-corrected chi connectivity index (χ2v) is 4.94. The first-order chi connectivity index (χ1) is 7.93. The van der Waals surface area contributed by atoms with E-state index in [0.717, 1.165) is 12.8 Å². The maximum absolute atomic E-state index is 13.6. The van der Waals surface area contributed by atoms with Crippen molar-refractivity contribution in [1.29, 1.82) is 0 Å². The summed E-state index contributed by atoms with van der Waals surface area (Å²) in [5, 5.41) is 2.60. The maximum atomic E-state index is 13.6. The molecule has 0 aliphatic heterocycles. The van der Waals surface area contributed by atoms with Crippen LogP contribution in [0.25, 0.3) is 0 Å². The number of benzene rings is 1. The van der Waals surface area contributed by atoms with Crippen molar-refractivity contribution >= 4 is 11.6 Å². The molecule has 17 heavy (non-hydrogen) atoms. The van der Waals surface area contributed by atoms with Gasteiger partial charge in [0.1, 0.15) is 5.82 Å². The van der Waals surface area contributed by atoms with Crippen LogP contribution < -0.4 is 11.1 Å². The van der Waals surface area contributed by atoms with Crippen LogP contribution in [0.3, 0.4) is 0 Å². The molecule has 1 aromatic carbocycles. The second-order valence-electron chi connectivity index (χ2n) is 4.94.